The highest BCUT2D eigenvalue weighted by molar-refractivity contribution is 5.50. The molecule has 1 fully saturated rings. The van der Waals surface area contributed by atoms with Crippen LogP contribution in [0.2, 0.25) is 0 Å². The van der Waals surface area contributed by atoms with Gasteiger partial charge in [-0.15, -0.1) is 0 Å². The molecule has 2 aromatic heterocycles. The molecule has 1 saturated heterocycles. The Labute approximate surface area is 248 Å². The first-order valence-electron chi connectivity index (χ1n) is 14.0. The third kappa shape index (κ3) is 7.37. The average Bonchev–Trinajstić information content (AvgIpc) is 3.39. The first kappa shape index (κ1) is 33.3. The summed E-state index contributed by atoms with van der Waals surface area (Å²) in [6, 6.07) is 4.01. The van der Waals surface area contributed by atoms with Gasteiger partial charge in [-0.3, -0.25) is 18.8 Å². The molecular formula is C29H34F7N5O3. The zero-order chi connectivity index (χ0) is 32.6. The van der Waals surface area contributed by atoms with Gasteiger partial charge in [-0.25, -0.2) is 9.18 Å². The van der Waals surface area contributed by atoms with Gasteiger partial charge in [0, 0.05) is 50.0 Å². The van der Waals surface area contributed by atoms with Crippen LogP contribution >= 0.6 is 0 Å². The molecule has 0 aliphatic carbocycles. The summed E-state index contributed by atoms with van der Waals surface area (Å²) in [7, 11) is 0. The van der Waals surface area contributed by atoms with Gasteiger partial charge in [0.05, 0.1) is 18.7 Å². The average molecular weight is 634 g/mol. The molecule has 1 atom stereocenters. The zero-order valence-corrected chi connectivity index (χ0v) is 24.4. The molecule has 242 valence electrons. The SMILES string of the molecule is Cc1c(N2CCN(Cc3ccc(C(F)(F)F)o3)CC2)c(=O)n(CC(N)CC(C)C)c(=O)n1Cc1c(F)cccc1C(F)(F)F. The lowest BCUT2D eigenvalue weighted by atomic mass is 10.0. The second kappa shape index (κ2) is 12.8. The van der Waals surface area contributed by atoms with E-state index < -0.39 is 58.9 Å². The van der Waals surface area contributed by atoms with Crippen LogP contribution < -0.4 is 21.9 Å². The molecule has 1 unspecified atom stereocenters. The van der Waals surface area contributed by atoms with Crippen molar-refractivity contribution < 1.29 is 35.2 Å². The molecule has 1 aliphatic heterocycles. The first-order valence-corrected chi connectivity index (χ1v) is 14.0. The van der Waals surface area contributed by atoms with E-state index >= 15 is 0 Å². The maximum Gasteiger partial charge on any atom is 0.449 e. The fraction of sp³-hybridized carbons (Fsp3) is 0.517. The number of anilines is 1. The molecule has 4 rings (SSSR count). The van der Waals surface area contributed by atoms with Crippen molar-refractivity contribution in [2.45, 2.75) is 65.2 Å². The quantitative estimate of drug-likeness (QED) is 0.340. The number of piperazine rings is 1. The van der Waals surface area contributed by atoms with Crippen molar-refractivity contribution in [3.05, 3.63) is 85.3 Å². The topological polar surface area (TPSA) is 89.6 Å². The minimum absolute atomic E-state index is 0.0550. The monoisotopic (exact) mass is 633 g/mol. The summed E-state index contributed by atoms with van der Waals surface area (Å²) < 4.78 is 102. The van der Waals surface area contributed by atoms with E-state index in [9.17, 15) is 40.3 Å². The Bertz CT molecular complexity index is 1580. The highest BCUT2D eigenvalue weighted by Crippen LogP contribution is 2.34. The van der Waals surface area contributed by atoms with E-state index in [0.717, 1.165) is 33.4 Å². The normalized spacial score (nSPS) is 15.8. The van der Waals surface area contributed by atoms with E-state index in [1.807, 2.05) is 18.7 Å². The van der Waals surface area contributed by atoms with Crippen molar-refractivity contribution in [2.75, 3.05) is 31.1 Å². The molecule has 1 aliphatic rings. The van der Waals surface area contributed by atoms with Gasteiger partial charge in [0.25, 0.3) is 5.56 Å². The number of nitrogens with two attached hydrogens (primary N) is 1. The summed E-state index contributed by atoms with van der Waals surface area (Å²) in [5.74, 6) is -2.01. The van der Waals surface area contributed by atoms with E-state index in [-0.39, 0.29) is 49.2 Å². The molecule has 0 saturated carbocycles. The third-order valence-corrected chi connectivity index (χ3v) is 7.60. The van der Waals surface area contributed by atoms with Crippen LogP contribution in [0.3, 0.4) is 0 Å². The number of hydrogen-bond acceptors (Lipinski definition) is 6. The number of alkyl halides is 6. The van der Waals surface area contributed by atoms with Crippen molar-refractivity contribution in [2.24, 2.45) is 11.7 Å². The van der Waals surface area contributed by atoms with Crippen LogP contribution in [0.25, 0.3) is 0 Å². The van der Waals surface area contributed by atoms with Crippen LogP contribution in [0, 0.1) is 18.7 Å². The molecule has 3 heterocycles. The lowest BCUT2D eigenvalue weighted by Crippen LogP contribution is -2.52. The summed E-state index contributed by atoms with van der Waals surface area (Å²) in [6.45, 7) is 5.37. The van der Waals surface area contributed by atoms with E-state index in [0.29, 0.717) is 19.5 Å². The fourth-order valence-electron chi connectivity index (χ4n) is 5.52. The van der Waals surface area contributed by atoms with Gasteiger partial charge in [0.2, 0.25) is 5.76 Å². The Morgan fingerprint density at radius 2 is 1.57 bits per heavy atom. The largest absolute Gasteiger partial charge is 0.455 e. The maximum absolute atomic E-state index is 14.8. The molecule has 15 heteroatoms. The Morgan fingerprint density at radius 1 is 0.909 bits per heavy atom. The van der Waals surface area contributed by atoms with Crippen LogP contribution in [-0.4, -0.2) is 46.3 Å². The number of hydrogen-bond donors (Lipinski definition) is 1. The second-order valence-corrected chi connectivity index (χ2v) is 11.4. The van der Waals surface area contributed by atoms with Crippen molar-refractivity contribution >= 4 is 5.69 Å². The summed E-state index contributed by atoms with van der Waals surface area (Å²) in [5.41, 5.74) is 2.77. The van der Waals surface area contributed by atoms with E-state index in [4.69, 9.17) is 10.2 Å². The van der Waals surface area contributed by atoms with Crippen LogP contribution in [-0.2, 0) is 32.0 Å². The predicted molar refractivity (Wildman–Crippen MR) is 149 cm³/mol. The molecule has 0 bridgehead atoms. The van der Waals surface area contributed by atoms with Gasteiger partial charge >= 0.3 is 18.0 Å². The molecule has 2 N–H and O–H groups in total. The van der Waals surface area contributed by atoms with Crippen molar-refractivity contribution in [3.8, 4) is 0 Å². The number of benzene rings is 1. The van der Waals surface area contributed by atoms with Crippen molar-refractivity contribution in [1.29, 1.82) is 0 Å². The molecule has 8 nitrogen and oxygen atoms in total. The summed E-state index contributed by atoms with van der Waals surface area (Å²) in [5, 5.41) is 0. The van der Waals surface area contributed by atoms with Gasteiger partial charge in [0.1, 0.15) is 17.3 Å². The summed E-state index contributed by atoms with van der Waals surface area (Å²) in [6.07, 6.45) is -9.04. The summed E-state index contributed by atoms with van der Waals surface area (Å²) >= 11 is 0. The Balaban J connectivity index is 1.69. The van der Waals surface area contributed by atoms with Gasteiger partial charge in [-0.2, -0.15) is 26.3 Å². The minimum atomic E-state index is -4.89. The molecule has 0 radical (unpaired) electrons. The highest BCUT2D eigenvalue weighted by Gasteiger charge is 2.36. The number of furan rings is 1. The Hall–Kier alpha value is -3.59. The van der Waals surface area contributed by atoms with Crippen molar-refractivity contribution in [1.82, 2.24) is 14.0 Å². The van der Waals surface area contributed by atoms with Crippen molar-refractivity contribution in [3.63, 3.8) is 0 Å². The van der Waals surface area contributed by atoms with Crippen LogP contribution in [0.1, 0.15) is 48.6 Å². The van der Waals surface area contributed by atoms with Crippen LogP contribution in [0.5, 0.6) is 0 Å². The number of halogens is 7. The molecule has 0 spiro atoms. The molecule has 3 aromatic rings. The zero-order valence-electron chi connectivity index (χ0n) is 24.4. The maximum atomic E-state index is 14.8. The Morgan fingerprint density at radius 3 is 2.14 bits per heavy atom. The van der Waals surface area contributed by atoms with Gasteiger partial charge in [-0.05, 0) is 43.5 Å². The van der Waals surface area contributed by atoms with Gasteiger partial charge in [-0.1, -0.05) is 19.9 Å². The van der Waals surface area contributed by atoms with E-state index in [2.05, 4.69) is 0 Å². The highest BCUT2D eigenvalue weighted by atomic mass is 19.4. The van der Waals surface area contributed by atoms with Gasteiger partial charge in [0.15, 0.2) is 0 Å². The van der Waals surface area contributed by atoms with Crippen LogP contribution in [0.4, 0.5) is 36.4 Å². The number of nitrogens with zero attached hydrogens (tertiary/aromatic N) is 4. The summed E-state index contributed by atoms with van der Waals surface area (Å²) in [4.78, 5) is 30.9. The standard InChI is InChI=1S/C29H34F7N5O3/c1-17(2)13-19(37)14-41-26(42)25(39-11-9-38(10-12-39)15-20-7-8-24(44-20)29(34,35)36)18(3)40(27(41)43)16-21-22(28(31,32)33)5-4-6-23(21)30/h4-8,17,19H,9-16,37H2,1-3H3. The minimum Gasteiger partial charge on any atom is -0.455 e. The fourth-order valence-corrected chi connectivity index (χ4v) is 5.52. The number of aromatic nitrogens is 2. The predicted octanol–water partition coefficient (Wildman–Crippen LogP) is 4.83. The lowest BCUT2D eigenvalue weighted by Gasteiger charge is -2.36. The second-order valence-electron chi connectivity index (χ2n) is 11.4. The van der Waals surface area contributed by atoms with Crippen LogP contribution in [0.15, 0.2) is 44.3 Å². The molecule has 44 heavy (non-hydrogen) atoms. The number of rotatable bonds is 9. The van der Waals surface area contributed by atoms with Gasteiger partial charge < -0.3 is 15.1 Å². The third-order valence-electron chi connectivity index (χ3n) is 7.60. The first-order chi connectivity index (χ1) is 20.5. The Kier molecular flexibility index (Phi) is 9.69. The smallest absolute Gasteiger partial charge is 0.449 e. The van der Waals surface area contributed by atoms with E-state index in [1.165, 1.54) is 13.0 Å². The molecule has 0 amide bonds. The molecular weight excluding hydrogens is 599 g/mol. The lowest BCUT2D eigenvalue weighted by molar-refractivity contribution is -0.153. The van der Waals surface area contributed by atoms with E-state index in [1.54, 1.807) is 4.90 Å². The molecule has 1 aromatic carbocycles.